The lowest BCUT2D eigenvalue weighted by molar-refractivity contribution is -0.128. The first-order valence-electron chi connectivity index (χ1n) is 16.6. The van der Waals surface area contributed by atoms with Gasteiger partial charge in [0.25, 0.3) is 0 Å². The monoisotopic (exact) mass is 740 g/mol. The van der Waals surface area contributed by atoms with Crippen LogP contribution in [-0.2, 0) is 19.2 Å². The van der Waals surface area contributed by atoms with Gasteiger partial charge in [-0.15, -0.1) is 0 Å². The molecule has 2 aliphatic rings. The lowest BCUT2D eigenvalue weighted by Gasteiger charge is -2.19. The number of thioether (sulfide) groups is 2. The van der Waals surface area contributed by atoms with Gasteiger partial charge in [0.05, 0.1) is 22.7 Å². The molecule has 0 aliphatic carbocycles. The number of carbonyl (C=O) groups is 4. The van der Waals surface area contributed by atoms with Crippen LogP contribution in [0.25, 0.3) is 0 Å². The van der Waals surface area contributed by atoms with Crippen molar-refractivity contribution in [2.75, 3.05) is 23.7 Å². The van der Waals surface area contributed by atoms with Crippen molar-refractivity contribution in [1.29, 1.82) is 0 Å². The van der Waals surface area contributed by atoms with Gasteiger partial charge in [-0.2, -0.15) is 0 Å². The Labute approximate surface area is 307 Å². The quantitative estimate of drug-likeness (QED) is 0.138. The SMILES string of the molecule is O=C(C[C@@H]1SC(=Nc2ccccc2)N(CCCCN2C(=O)[C@H](CC(=O)Nc3ccccc3F)SC2=Nc2ccccc2)C1=O)Nc1ccccc1F. The van der Waals surface area contributed by atoms with E-state index in [-0.39, 0.29) is 49.1 Å². The molecular weight excluding hydrogens is 707 g/mol. The van der Waals surface area contributed by atoms with Crippen LogP contribution in [0.1, 0.15) is 25.7 Å². The predicted octanol–water partition coefficient (Wildman–Crippen LogP) is 7.37. The first kappa shape index (κ1) is 36.5. The molecule has 0 unspecified atom stereocenters. The molecule has 14 heteroatoms. The van der Waals surface area contributed by atoms with E-state index in [0.29, 0.717) is 34.6 Å². The van der Waals surface area contributed by atoms with Gasteiger partial charge in [0.2, 0.25) is 23.6 Å². The highest BCUT2D eigenvalue weighted by Gasteiger charge is 2.41. The Morgan fingerprint density at radius 2 is 0.942 bits per heavy atom. The van der Waals surface area contributed by atoms with Crippen LogP contribution in [-0.4, -0.2) is 67.4 Å². The highest BCUT2D eigenvalue weighted by Crippen LogP contribution is 2.34. The smallest absolute Gasteiger partial charge is 0.242 e. The molecule has 2 atom stereocenters. The summed E-state index contributed by atoms with van der Waals surface area (Å²) in [6.07, 6.45) is 0.624. The molecule has 0 radical (unpaired) electrons. The Morgan fingerprint density at radius 3 is 1.33 bits per heavy atom. The fourth-order valence-corrected chi connectivity index (χ4v) is 7.86. The minimum Gasteiger partial charge on any atom is -0.324 e. The maximum atomic E-state index is 14.1. The maximum absolute atomic E-state index is 14.1. The van der Waals surface area contributed by atoms with Crippen LogP contribution in [0.3, 0.4) is 0 Å². The number of anilines is 2. The molecule has 52 heavy (non-hydrogen) atoms. The summed E-state index contributed by atoms with van der Waals surface area (Å²) < 4.78 is 28.3. The molecule has 2 fully saturated rings. The van der Waals surface area contributed by atoms with Crippen LogP contribution >= 0.6 is 23.5 Å². The van der Waals surface area contributed by atoms with Crippen molar-refractivity contribution in [3.8, 4) is 0 Å². The van der Waals surface area contributed by atoms with Crippen molar-refractivity contribution >= 4 is 80.2 Å². The molecule has 2 N–H and O–H groups in total. The lowest BCUT2D eigenvalue weighted by Crippen LogP contribution is -2.36. The van der Waals surface area contributed by atoms with Gasteiger partial charge in [-0.05, 0) is 61.4 Å². The van der Waals surface area contributed by atoms with Crippen LogP contribution in [0.4, 0.5) is 31.5 Å². The molecule has 0 bridgehead atoms. The number of amidine groups is 2. The van der Waals surface area contributed by atoms with E-state index in [1.807, 2.05) is 60.7 Å². The summed E-state index contributed by atoms with van der Waals surface area (Å²) >= 11 is 2.36. The number of para-hydroxylation sites is 4. The number of carbonyl (C=O) groups excluding carboxylic acids is 4. The normalized spacial score (nSPS) is 18.7. The molecule has 2 saturated heterocycles. The standard InChI is InChI=1S/C38H34F2N6O4S2/c39-27-17-7-9-19-29(27)43-33(47)23-31-35(49)45(37(51-31)41-25-13-3-1-4-14-25)21-11-12-22-46-36(50)32(52-38(46)42-26-15-5-2-6-16-26)24-34(48)44-30-20-10-8-18-28(30)40/h1-10,13-20,31-32H,11-12,21-24H2,(H,43,47)(H,44,48)/t31-,32-/m0/s1. The van der Waals surface area contributed by atoms with Gasteiger partial charge < -0.3 is 10.6 Å². The first-order valence-corrected chi connectivity index (χ1v) is 18.3. The molecule has 4 amide bonds. The topological polar surface area (TPSA) is 124 Å². The minimum absolute atomic E-state index is 0.0377. The van der Waals surface area contributed by atoms with E-state index in [1.165, 1.54) is 59.9 Å². The van der Waals surface area contributed by atoms with Crippen LogP contribution in [0.5, 0.6) is 0 Å². The summed E-state index contributed by atoms with van der Waals surface area (Å²) in [6, 6.07) is 30.0. The van der Waals surface area contributed by atoms with Crippen molar-refractivity contribution in [2.45, 2.75) is 36.2 Å². The second-order valence-electron chi connectivity index (χ2n) is 11.8. The van der Waals surface area contributed by atoms with Gasteiger partial charge in [0.1, 0.15) is 22.1 Å². The summed E-state index contributed by atoms with van der Waals surface area (Å²) in [5.74, 6) is -2.71. The summed E-state index contributed by atoms with van der Waals surface area (Å²) in [4.78, 5) is 65.4. The van der Waals surface area contributed by atoms with E-state index < -0.39 is 33.9 Å². The van der Waals surface area contributed by atoms with Gasteiger partial charge in [-0.25, -0.2) is 18.8 Å². The molecule has 6 rings (SSSR count). The number of hydrogen-bond acceptors (Lipinski definition) is 8. The molecule has 266 valence electrons. The number of nitrogens with one attached hydrogen (secondary N) is 2. The molecule has 0 spiro atoms. The average Bonchev–Trinajstić information content (AvgIpc) is 3.58. The number of aliphatic imine (C=N–C) groups is 2. The van der Waals surface area contributed by atoms with Crippen LogP contribution in [0.2, 0.25) is 0 Å². The van der Waals surface area contributed by atoms with Crippen molar-refractivity contribution in [2.24, 2.45) is 9.98 Å². The Hall–Kier alpha value is -5.34. The molecule has 0 saturated carbocycles. The lowest BCUT2D eigenvalue weighted by atomic mass is 10.2. The molecule has 4 aromatic rings. The van der Waals surface area contributed by atoms with Crippen LogP contribution in [0.15, 0.2) is 119 Å². The van der Waals surface area contributed by atoms with E-state index in [9.17, 15) is 28.0 Å². The van der Waals surface area contributed by atoms with Gasteiger partial charge in [-0.3, -0.25) is 29.0 Å². The molecule has 2 aliphatic heterocycles. The van der Waals surface area contributed by atoms with E-state index in [4.69, 9.17) is 9.98 Å². The summed E-state index contributed by atoms with van der Waals surface area (Å²) in [5.41, 5.74) is 1.36. The molecule has 2 heterocycles. The third-order valence-electron chi connectivity index (χ3n) is 8.05. The first-order chi connectivity index (χ1) is 25.2. The summed E-state index contributed by atoms with van der Waals surface area (Å²) in [7, 11) is 0. The van der Waals surface area contributed by atoms with E-state index in [0.717, 1.165) is 0 Å². The largest absolute Gasteiger partial charge is 0.324 e. The molecule has 0 aromatic heterocycles. The van der Waals surface area contributed by atoms with E-state index >= 15 is 0 Å². The molecular formula is C38H34F2N6O4S2. The highest BCUT2D eigenvalue weighted by molar-refractivity contribution is 8.15. The second-order valence-corrected chi connectivity index (χ2v) is 14.2. The minimum atomic E-state index is -0.758. The predicted molar refractivity (Wildman–Crippen MR) is 202 cm³/mol. The average molecular weight is 741 g/mol. The zero-order chi connectivity index (χ0) is 36.5. The van der Waals surface area contributed by atoms with Crippen molar-refractivity contribution in [1.82, 2.24) is 9.80 Å². The number of rotatable bonds is 13. The zero-order valence-electron chi connectivity index (χ0n) is 27.8. The maximum Gasteiger partial charge on any atom is 0.242 e. The number of unbranched alkanes of at least 4 members (excludes halogenated alkanes) is 1. The highest BCUT2D eigenvalue weighted by atomic mass is 32.2. The van der Waals surface area contributed by atoms with E-state index in [1.54, 1.807) is 21.9 Å². The van der Waals surface area contributed by atoms with Crippen LogP contribution < -0.4 is 10.6 Å². The summed E-state index contributed by atoms with van der Waals surface area (Å²) in [5, 5.41) is 4.46. The Kier molecular flexibility index (Phi) is 12.1. The van der Waals surface area contributed by atoms with Crippen molar-refractivity contribution < 1.29 is 28.0 Å². The Morgan fingerprint density at radius 1 is 0.577 bits per heavy atom. The van der Waals surface area contributed by atoms with Gasteiger partial charge in [0, 0.05) is 25.9 Å². The van der Waals surface area contributed by atoms with Gasteiger partial charge >= 0.3 is 0 Å². The molecule has 10 nitrogen and oxygen atoms in total. The Balaban J connectivity index is 1.11. The fourth-order valence-electron chi connectivity index (χ4n) is 5.49. The number of hydrogen-bond donors (Lipinski definition) is 2. The van der Waals surface area contributed by atoms with E-state index in [2.05, 4.69) is 10.6 Å². The fraction of sp³-hybridized carbons (Fsp3) is 0.211. The van der Waals surface area contributed by atoms with Gasteiger partial charge in [0.15, 0.2) is 10.3 Å². The molecule has 4 aromatic carbocycles. The third-order valence-corrected chi connectivity index (χ3v) is 10.4. The van der Waals surface area contributed by atoms with Crippen molar-refractivity contribution in [3.63, 3.8) is 0 Å². The Bertz CT molecular complexity index is 1860. The number of benzene rings is 4. The van der Waals surface area contributed by atoms with Gasteiger partial charge in [-0.1, -0.05) is 84.2 Å². The number of amides is 4. The van der Waals surface area contributed by atoms with Crippen molar-refractivity contribution in [3.05, 3.63) is 121 Å². The number of halogens is 2. The number of nitrogens with zero attached hydrogens (tertiary/aromatic N) is 4. The second kappa shape index (κ2) is 17.2. The third kappa shape index (κ3) is 9.30. The van der Waals surface area contributed by atoms with Crippen LogP contribution in [0, 0.1) is 11.6 Å². The zero-order valence-corrected chi connectivity index (χ0v) is 29.4. The summed E-state index contributed by atoms with van der Waals surface area (Å²) in [6.45, 7) is 0.551.